The molecule has 98 valence electrons. The van der Waals surface area contributed by atoms with Gasteiger partial charge in [0.05, 0.1) is 0 Å². The van der Waals surface area contributed by atoms with Gasteiger partial charge in [-0.15, -0.1) is 0 Å². The van der Waals surface area contributed by atoms with E-state index < -0.39 is 11.5 Å². The van der Waals surface area contributed by atoms with Crippen molar-refractivity contribution < 1.29 is 14.7 Å². The minimum Gasteiger partial charge on any atom is -0.480 e. The van der Waals surface area contributed by atoms with Gasteiger partial charge in [-0.1, -0.05) is 12.8 Å². The first-order valence-corrected chi connectivity index (χ1v) is 6.14. The Hall–Kier alpha value is -1.10. The van der Waals surface area contributed by atoms with Crippen LogP contribution in [0, 0.1) is 11.8 Å². The summed E-state index contributed by atoms with van der Waals surface area (Å²) in [5, 5.41) is 11.6. The minimum atomic E-state index is -1.21. The van der Waals surface area contributed by atoms with Gasteiger partial charge in [0.15, 0.2) is 0 Å². The van der Waals surface area contributed by atoms with Gasteiger partial charge in [0.1, 0.15) is 5.54 Å². The monoisotopic (exact) mass is 242 g/mol. The van der Waals surface area contributed by atoms with Crippen molar-refractivity contribution in [3.05, 3.63) is 0 Å². The maximum atomic E-state index is 12.1. The third-order valence-electron chi connectivity index (χ3n) is 3.52. The van der Waals surface area contributed by atoms with Crippen LogP contribution >= 0.6 is 0 Å². The molecule has 5 heteroatoms. The second kappa shape index (κ2) is 5.49. The number of nitrogens with two attached hydrogens (primary N) is 1. The van der Waals surface area contributed by atoms with E-state index >= 15 is 0 Å². The van der Waals surface area contributed by atoms with Crippen molar-refractivity contribution in [3.8, 4) is 0 Å². The minimum absolute atomic E-state index is 0.132. The Labute approximate surface area is 102 Å². The average molecular weight is 242 g/mol. The molecule has 5 nitrogen and oxygen atoms in total. The first kappa shape index (κ1) is 14.0. The second-order valence-electron chi connectivity index (χ2n) is 5.31. The molecular weight excluding hydrogens is 220 g/mol. The van der Waals surface area contributed by atoms with E-state index in [2.05, 4.69) is 5.32 Å². The Morgan fingerprint density at radius 2 is 1.94 bits per heavy atom. The van der Waals surface area contributed by atoms with Crippen LogP contribution in [-0.2, 0) is 9.59 Å². The molecule has 1 rings (SSSR count). The lowest BCUT2D eigenvalue weighted by atomic mass is 9.78. The summed E-state index contributed by atoms with van der Waals surface area (Å²) in [6.07, 6.45) is 3.89. The molecule has 0 aromatic carbocycles. The molecule has 0 radical (unpaired) electrons. The number of amides is 1. The van der Waals surface area contributed by atoms with Gasteiger partial charge < -0.3 is 16.2 Å². The van der Waals surface area contributed by atoms with Gasteiger partial charge in [-0.25, -0.2) is 4.79 Å². The zero-order valence-corrected chi connectivity index (χ0v) is 10.5. The molecule has 0 bridgehead atoms. The molecule has 0 aromatic rings. The van der Waals surface area contributed by atoms with Crippen molar-refractivity contribution in [2.45, 2.75) is 45.1 Å². The fraction of sp³-hybridized carbons (Fsp3) is 0.833. The molecule has 0 aromatic heterocycles. The van der Waals surface area contributed by atoms with Gasteiger partial charge in [0, 0.05) is 5.92 Å². The Morgan fingerprint density at radius 1 is 1.35 bits per heavy atom. The number of aliphatic carboxylic acids is 1. The summed E-state index contributed by atoms with van der Waals surface area (Å²) in [5.41, 5.74) is 4.44. The van der Waals surface area contributed by atoms with E-state index in [-0.39, 0.29) is 17.7 Å². The lowest BCUT2D eigenvalue weighted by molar-refractivity contribution is -0.147. The maximum Gasteiger partial charge on any atom is 0.328 e. The van der Waals surface area contributed by atoms with Crippen molar-refractivity contribution in [1.82, 2.24) is 5.32 Å². The Balaban J connectivity index is 2.65. The number of hydrogen-bond acceptors (Lipinski definition) is 3. The van der Waals surface area contributed by atoms with Crippen LogP contribution in [0.25, 0.3) is 0 Å². The van der Waals surface area contributed by atoms with E-state index in [9.17, 15) is 9.59 Å². The van der Waals surface area contributed by atoms with Crippen LogP contribution in [0.4, 0.5) is 0 Å². The van der Waals surface area contributed by atoms with E-state index in [1.807, 2.05) is 0 Å². The fourth-order valence-corrected chi connectivity index (χ4v) is 2.29. The van der Waals surface area contributed by atoms with Crippen molar-refractivity contribution >= 4 is 11.9 Å². The van der Waals surface area contributed by atoms with Gasteiger partial charge >= 0.3 is 5.97 Å². The first-order valence-electron chi connectivity index (χ1n) is 6.14. The predicted molar refractivity (Wildman–Crippen MR) is 64.4 cm³/mol. The van der Waals surface area contributed by atoms with E-state index in [0.29, 0.717) is 6.54 Å². The number of carbonyl (C=O) groups excluding carboxylic acids is 1. The smallest absolute Gasteiger partial charge is 0.328 e. The summed E-state index contributed by atoms with van der Waals surface area (Å²) in [7, 11) is 0. The molecule has 0 saturated heterocycles. The molecule has 1 amide bonds. The first-order chi connectivity index (χ1) is 7.88. The summed E-state index contributed by atoms with van der Waals surface area (Å²) in [6, 6.07) is 0. The van der Waals surface area contributed by atoms with Gasteiger partial charge in [-0.05, 0) is 39.2 Å². The molecular formula is C12H22N2O3. The van der Waals surface area contributed by atoms with Crippen molar-refractivity contribution in [1.29, 1.82) is 0 Å². The highest BCUT2D eigenvalue weighted by Crippen LogP contribution is 2.29. The van der Waals surface area contributed by atoms with Gasteiger partial charge in [0.25, 0.3) is 0 Å². The molecule has 0 aliphatic heterocycles. The SMILES string of the molecule is CC(C)(NC(=O)C1CCCCC1CN)C(=O)O. The number of carboxylic acids is 1. The predicted octanol–water partition coefficient (Wildman–Crippen LogP) is 0.731. The Kier molecular flexibility index (Phi) is 4.51. The summed E-state index contributed by atoms with van der Waals surface area (Å²) in [4.78, 5) is 23.0. The topological polar surface area (TPSA) is 92.4 Å². The quantitative estimate of drug-likeness (QED) is 0.677. The van der Waals surface area contributed by atoms with Gasteiger partial charge in [-0.3, -0.25) is 4.79 Å². The molecule has 1 fully saturated rings. The zero-order chi connectivity index (χ0) is 13.1. The molecule has 2 unspecified atom stereocenters. The standard InChI is InChI=1S/C12H22N2O3/c1-12(2,11(16)17)14-10(15)9-6-4-3-5-8(9)7-13/h8-9H,3-7,13H2,1-2H3,(H,14,15)(H,16,17). The van der Waals surface area contributed by atoms with Gasteiger partial charge in [0.2, 0.25) is 5.91 Å². The molecule has 1 aliphatic carbocycles. The molecule has 4 N–H and O–H groups in total. The van der Waals surface area contributed by atoms with Crippen LogP contribution in [-0.4, -0.2) is 29.1 Å². The van der Waals surface area contributed by atoms with Crippen molar-refractivity contribution in [2.24, 2.45) is 17.6 Å². The highest BCUT2D eigenvalue weighted by Gasteiger charge is 2.35. The Bertz CT molecular complexity index is 302. The molecule has 1 saturated carbocycles. The number of rotatable bonds is 4. The molecule has 0 heterocycles. The van der Waals surface area contributed by atoms with Crippen molar-refractivity contribution in [3.63, 3.8) is 0 Å². The molecule has 2 atom stereocenters. The maximum absolute atomic E-state index is 12.1. The average Bonchev–Trinajstić information content (AvgIpc) is 2.28. The number of nitrogens with one attached hydrogen (secondary N) is 1. The lowest BCUT2D eigenvalue weighted by Gasteiger charge is -2.32. The van der Waals surface area contributed by atoms with Crippen molar-refractivity contribution in [2.75, 3.05) is 6.54 Å². The fourth-order valence-electron chi connectivity index (χ4n) is 2.29. The number of carboxylic acid groups (broad SMARTS) is 1. The summed E-state index contributed by atoms with van der Waals surface area (Å²) in [5.74, 6) is -1.14. The van der Waals surface area contributed by atoms with Crippen LogP contribution in [0.3, 0.4) is 0 Å². The van der Waals surface area contributed by atoms with Crippen LogP contribution in [0.5, 0.6) is 0 Å². The van der Waals surface area contributed by atoms with Crippen LogP contribution in [0.2, 0.25) is 0 Å². The number of carbonyl (C=O) groups is 2. The Morgan fingerprint density at radius 3 is 2.47 bits per heavy atom. The van der Waals surface area contributed by atoms with Crippen LogP contribution in [0.1, 0.15) is 39.5 Å². The van der Waals surface area contributed by atoms with E-state index in [4.69, 9.17) is 10.8 Å². The van der Waals surface area contributed by atoms with E-state index in [1.54, 1.807) is 0 Å². The summed E-state index contributed by atoms with van der Waals surface area (Å²) >= 11 is 0. The largest absolute Gasteiger partial charge is 0.480 e. The molecule has 17 heavy (non-hydrogen) atoms. The third kappa shape index (κ3) is 3.43. The highest BCUT2D eigenvalue weighted by molar-refractivity contribution is 5.87. The van der Waals surface area contributed by atoms with Gasteiger partial charge in [-0.2, -0.15) is 0 Å². The number of hydrogen-bond donors (Lipinski definition) is 3. The highest BCUT2D eigenvalue weighted by atomic mass is 16.4. The van der Waals surface area contributed by atoms with E-state index in [0.717, 1.165) is 25.7 Å². The summed E-state index contributed by atoms with van der Waals surface area (Å²) < 4.78 is 0. The van der Waals surface area contributed by atoms with E-state index in [1.165, 1.54) is 13.8 Å². The van der Waals surface area contributed by atoms with Crippen LogP contribution in [0.15, 0.2) is 0 Å². The summed E-state index contributed by atoms with van der Waals surface area (Å²) in [6.45, 7) is 3.48. The normalized spacial score (nSPS) is 25.4. The molecule has 0 spiro atoms. The third-order valence-corrected chi connectivity index (χ3v) is 3.52. The molecule has 1 aliphatic rings. The lowest BCUT2D eigenvalue weighted by Crippen LogP contribution is -2.53. The van der Waals surface area contributed by atoms with Crippen LogP contribution < -0.4 is 11.1 Å². The zero-order valence-electron chi connectivity index (χ0n) is 10.5. The second-order valence-corrected chi connectivity index (χ2v) is 5.31.